The predicted molar refractivity (Wildman–Crippen MR) is 133 cm³/mol. The van der Waals surface area contributed by atoms with Gasteiger partial charge in [0.05, 0.1) is 17.6 Å². The van der Waals surface area contributed by atoms with Crippen molar-refractivity contribution in [2.75, 3.05) is 35.3 Å². The molecule has 33 heavy (non-hydrogen) atoms. The molecule has 0 amide bonds. The van der Waals surface area contributed by atoms with Crippen LogP contribution in [0.3, 0.4) is 0 Å². The van der Waals surface area contributed by atoms with Gasteiger partial charge in [-0.3, -0.25) is 9.98 Å². The maximum Gasteiger partial charge on any atom is 0.158 e. The van der Waals surface area contributed by atoms with E-state index >= 15 is 0 Å². The number of hydrogen-bond acceptors (Lipinski definition) is 6. The van der Waals surface area contributed by atoms with Gasteiger partial charge in [0.2, 0.25) is 0 Å². The first kappa shape index (κ1) is 20.9. The first-order chi connectivity index (χ1) is 16.1. The van der Waals surface area contributed by atoms with Gasteiger partial charge in [-0.2, -0.15) is 0 Å². The van der Waals surface area contributed by atoms with Crippen LogP contribution in [-0.2, 0) is 0 Å². The summed E-state index contributed by atoms with van der Waals surface area (Å²) < 4.78 is 13.8. The Bertz CT molecular complexity index is 1270. The van der Waals surface area contributed by atoms with E-state index in [0.717, 1.165) is 54.5 Å². The third-order valence-electron chi connectivity index (χ3n) is 5.89. The normalized spacial score (nSPS) is 15.2. The third kappa shape index (κ3) is 4.35. The Labute approximate surface area is 192 Å². The molecule has 0 saturated carbocycles. The number of halogens is 1. The van der Waals surface area contributed by atoms with Crippen molar-refractivity contribution in [3.63, 3.8) is 0 Å². The molecule has 0 saturated heterocycles. The second-order valence-electron chi connectivity index (χ2n) is 8.20. The number of benzene rings is 1. The summed E-state index contributed by atoms with van der Waals surface area (Å²) in [5.41, 5.74) is 5.61. The van der Waals surface area contributed by atoms with Crippen LogP contribution in [0.5, 0.6) is 0 Å². The lowest BCUT2D eigenvalue weighted by atomic mass is 10.0. The van der Waals surface area contributed by atoms with Gasteiger partial charge in [-0.15, -0.1) is 0 Å². The maximum atomic E-state index is 13.8. The fourth-order valence-corrected chi connectivity index (χ4v) is 4.18. The molecule has 0 spiro atoms. The summed E-state index contributed by atoms with van der Waals surface area (Å²) in [6.07, 6.45) is 8.44. The molecule has 2 aromatic heterocycles. The largest absolute Gasteiger partial charge is 0.372 e. The lowest BCUT2D eigenvalue weighted by Gasteiger charge is -2.27. The maximum absolute atomic E-state index is 13.8. The molecule has 0 aliphatic carbocycles. The van der Waals surface area contributed by atoms with E-state index in [1.807, 2.05) is 36.7 Å². The minimum absolute atomic E-state index is 0.382. The SMILES string of the molecule is C=C(Nc1cccc(C2=CN=CC2)c1)N1CCCN(C)c2ccc(-c3cncc(F)c3)nc21. The highest BCUT2D eigenvalue weighted by molar-refractivity contribution is 5.85. The van der Waals surface area contributed by atoms with E-state index in [1.54, 1.807) is 6.20 Å². The Kier molecular flexibility index (Phi) is 5.60. The highest BCUT2D eigenvalue weighted by Crippen LogP contribution is 2.34. The van der Waals surface area contributed by atoms with Crippen LogP contribution >= 0.6 is 0 Å². The molecule has 0 unspecified atom stereocenters. The van der Waals surface area contributed by atoms with Crippen molar-refractivity contribution >= 4 is 29.0 Å². The zero-order valence-corrected chi connectivity index (χ0v) is 18.5. The second kappa shape index (κ2) is 8.86. The van der Waals surface area contributed by atoms with Crippen molar-refractivity contribution in [2.45, 2.75) is 12.8 Å². The van der Waals surface area contributed by atoms with Crippen LogP contribution in [0.1, 0.15) is 18.4 Å². The van der Waals surface area contributed by atoms with E-state index in [9.17, 15) is 4.39 Å². The van der Waals surface area contributed by atoms with Crippen LogP contribution in [0.25, 0.3) is 16.8 Å². The minimum Gasteiger partial charge on any atom is -0.372 e. The Morgan fingerprint density at radius 1 is 1.09 bits per heavy atom. The zero-order valence-electron chi connectivity index (χ0n) is 18.5. The Morgan fingerprint density at radius 3 is 2.82 bits per heavy atom. The molecule has 4 heterocycles. The number of allylic oxidation sites excluding steroid dienone is 1. The number of aromatic nitrogens is 2. The van der Waals surface area contributed by atoms with Gasteiger partial charge >= 0.3 is 0 Å². The van der Waals surface area contributed by atoms with Gasteiger partial charge in [0.15, 0.2) is 5.82 Å². The summed E-state index contributed by atoms with van der Waals surface area (Å²) >= 11 is 0. The smallest absolute Gasteiger partial charge is 0.158 e. The molecule has 1 N–H and O–H groups in total. The fourth-order valence-electron chi connectivity index (χ4n) is 4.18. The van der Waals surface area contributed by atoms with Gasteiger partial charge in [0.1, 0.15) is 11.6 Å². The number of anilines is 3. The number of nitrogens with zero attached hydrogens (tertiary/aromatic N) is 5. The van der Waals surface area contributed by atoms with E-state index in [1.165, 1.54) is 17.8 Å². The van der Waals surface area contributed by atoms with Crippen molar-refractivity contribution in [1.82, 2.24) is 9.97 Å². The third-order valence-corrected chi connectivity index (χ3v) is 5.89. The van der Waals surface area contributed by atoms with Crippen LogP contribution in [0, 0.1) is 5.82 Å². The average molecular weight is 441 g/mol. The van der Waals surface area contributed by atoms with Crippen LogP contribution in [0.15, 0.2) is 78.5 Å². The molecule has 3 aromatic rings. The molecule has 1 aromatic carbocycles. The monoisotopic (exact) mass is 440 g/mol. The number of aliphatic imine (C=N–C) groups is 1. The van der Waals surface area contributed by atoms with Crippen molar-refractivity contribution in [1.29, 1.82) is 0 Å². The molecule has 0 radical (unpaired) electrons. The van der Waals surface area contributed by atoms with Crippen LogP contribution in [0.2, 0.25) is 0 Å². The standard InChI is InChI=1S/C26H25FN6/c1-18(30-23-6-3-5-19(14-23)20-9-10-28-15-20)33-12-4-11-32(2)25-8-7-24(31-26(25)33)21-13-22(27)17-29-16-21/h3,5-8,10,13-17,30H,1,4,9,11-12H2,2H3. The van der Waals surface area contributed by atoms with E-state index in [0.29, 0.717) is 11.3 Å². The Hall–Kier alpha value is -4.00. The van der Waals surface area contributed by atoms with Crippen LogP contribution < -0.4 is 15.1 Å². The fraction of sp³-hybridized carbons (Fsp3) is 0.192. The number of nitrogens with one attached hydrogen (secondary N) is 1. The van der Waals surface area contributed by atoms with Crippen molar-refractivity contribution in [3.8, 4) is 11.3 Å². The van der Waals surface area contributed by atoms with E-state index in [2.05, 4.69) is 50.9 Å². The van der Waals surface area contributed by atoms with E-state index in [-0.39, 0.29) is 5.82 Å². The number of fused-ring (bicyclic) bond motifs is 1. The van der Waals surface area contributed by atoms with Gasteiger partial charge in [0, 0.05) is 56.4 Å². The summed E-state index contributed by atoms with van der Waals surface area (Å²) in [7, 11) is 2.06. The van der Waals surface area contributed by atoms with Crippen molar-refractivity contribution in [2.24, 2.45) is 4.99 Å². The number of hydrogen-bond donors (Lipinski definition) is 1. The molecule has 0 bridgehead atoms. The summed E-state index contributed by atoms with van der Waals surface area (Å²) in [6, 6.07) is 13.6. The molecule has 166 valence electrons. The van der Waals surface area contributed by atoms with Crippen LogP contribution in [0.4, 0.5) is 21.6 Å². The Morgan fingerprint density at radius 2 is 2.00 bits per heavy atom. The molecule has 0 atom stereocenters. The lowest BCUT2D eigenvalue weighted by molar-refractivity contribution is 0.622. The summed E-state index contributed by atoms with van der Waals surface area (Å²) in [5, 5.41) is 3.46. The van der Waals surface area contributed by atoms with Crippen molar-refractivity contribution < 1.29 is 4.39 Å². The van der Waals surface area contributed by atoms with Crippen LogP contribution in [-0.4, -0.2) is 36.3 Å². The van der Waals surface area contributed by atoms with Gasteiger partial charge < -0.3 is 15.1 Å². The van der Waals surface area contributed by atoms with Gasteiger partial charge in [-0.05, 0) is 47.9 Å². The van der Waals surface area contributed by atoms with E-state index < -0.39 is 0 Å². The molecule has 6 nitrogen and oxygen atoms in total. The molecule has 0 fully saturated rings. The molecule has 2 aliphatic rings. The summed E-state index contributed by atoms with van der Waals surface area (Å²) in [6.45, 7) is 6.00. The zero-order chi connectivity index (χ0) is 22.8. The summed E-state index contributed by atoms with van der Waals surface area (Å²) in [4.78, 5) is 17.4. The molecule has 7 heteroatoms. The van der Waals surface area contributed by atoms with Gasteiger partial charge in [0.25, 0.3) is 0 Å². The van der Waals surface area contributed by atoms with Gasteiger partial charge in [-0.1, -0.05) is 18.7 Å². The predicted octanol–water partition coefficient (Wildman–Crippen LogP) is 5.33. The molecular formula is C26H25FN6. The topological polar surface area (TPSA) is 56.7 Å². The highest BCUT2D eigenvalue weighted by atomic mass is 19.1. The lowest BCUT2D eigenvalue weighted by Crippen LogP contribution is -2.28. The first-order valence-corrected chi connectivity index (χ1v) is 11.0. The number of rotatable bonds is 5. The second-order valence-corrected chi connectivity index (χ2v) is 8.20. The quantitative estimate of drug-likeness (QED) is 0.581. The van der Waals surface area contributed by atoms with Crippen molar-refractivity contribution in [3.05, 3.63) is 84.8 Å². The highest BCUT2D eigenvalue weighted by Gasteiger charge is 2.23. The molecular weight excluding hydrogens is 415 g/mol. The summed E-state index contributed by atoms with van der Waals surface area (Å²) in [5.74, 6) is 1.15. The minimum atomic E-state index is -0.382. The van der Waals surface area contributed by atoms with Gasteiger partial charge in [-0.25, -0.2) is 9.37 Å². The molecule has 5 rings (SSSR count). The average Bonchev–Trinajstić information content (AvgIpc) is 3.31. The van der Waals surface area contributed by atoms with E-state index in [4.69, 9.17) is 4.98 Å². The number of pyridine rings is 2. The Balaban J connectivity index is 1.46. The first-order valence-electron chi connectivity index (χ1n) is 11.0. The molecule has 2 aliphatic heterocycles.